The standard InChI is InChI=1S/C14H16ClF2NO2/c15-9-14(7-3-4-8-14)18-12(19)10-5-1-2-6-11(10)20-13(16)17/h1-2,5-6,13H,3-4,7-9H2,(H,18,19). The lowest BCUT2D eigenvalue weighted by molar-refractivity contribution is -0.0501. The van der Waals surface area contributed by atoms with Crippen molar-refractivity contribution in [1.82, 2.24) is 5.32 Å². The van der Waals surface area contributed by atoms with Gasteiger partial charge in [-0.3, -0.25) is 4.79 Å². The largest absolute Gasteiger partial charge is 0.434 e. The molecular weight excluding hydrogens is 288 g/mol. The number of benzene rings is 1. The second-order valence-electron chi connectivity index (χ2n) is 4.95. The second-order valence-corrected chi connectivity index (χ2v) is 5.22. The molecule has 1 aromatic carbocycles. The van der Waals surface area contributed by atoms with E-state index in [1.807, 2.05) is 0 Å². The van der Waals surface area contributed by atoms with Crippen LogP contribution in [0.1, 0.15) is 36.0 Å². The fourth-order valence-corrected chi connectivity index (χ4v) is 2.84. The van der Waals surface area contributed by atoms with Crippen LogP contribution >= 0.6 is 11.6 Å². The summed E-state index contributed by atoms with van der Waals surface area (Å²) in [4.78, 5) is 12.3. The Bertz CT molecular complexity index is 476. The summed E-state index contributed by atoms with van der Waals surface area (Å²) >= 11 is 5.95. The summed E-state index contributed by atoms with van der Waals surface area (Å²) < 4.78 is 29.0. The van der Waals surface area contributed by atoms with E-state index in [2.05, 4.69) is 10.1 Å². The topological polar surface area (TPSA) is 38.3 Å². The molecule has 0 bridgehead atoms. The summed E-state index contributed by atoms with van der Waals surface area (Å²) in [5.41, 5.74) is -0.333. The van der Waals surface area contributed by atoms with Crippen LogP contribution in [0, 0.1) is 0 Å². The molecule has 1 aliphatic carbocycles. The van der Waals surface area contributed by atoms with Gasteiger partial charge in [0.2, 0.25) is 0 Å². The number of ether oxygens (including phenoxy) is 1. The SMILES string of the molecule is O=C(NC1(CCl)CCCC1)c1ccccc1OC(F)F. The maximum absolute atomic E-state index is 12.3. The molecule has 1 amide bonds. The Morgan fingerprint density at radius 1 is 1.35 bits per heavy atom. The summed E-state index contributed by atoms with van der Waals surface area (Å²) in [5, 5.41) is 2.88. The lowest BCUT2D eigenvalue weighted by atomic mass is 9.99. The van der Waals surface area contributed by atoms with Crippen molar-refractivity contribution in [2.24, 2.45) is 0 Å². The second kappa shape index (κ2) is 6.39. The van der Waals surface area contributed by atoms with Gasteiger partial charge in [-0.25, -0.2) is 0 Å². The zero-order chi connectivity index (χ0) is 14.6. The van der Waals surface area contributed by atoms with Crippen LogP contribution in [-0.2, 0) is 0 Å². The van der Waals surface area contributed by atoms with Crippen LogP contribution in [0.2, 0.25) is 0 Å². The van der Waals surface area contributed by atoms with Crippen molar-refractivity contribution < 1.29 is 18.3 Å². The van der Waals surface area contributed by atoms with Crippen molar-refractivity contribution in [3.63, 3.8) is 0 Å². The summed E-state index contributed by atoms with van der Waals surface area (Å²) in [7, 11) is 0. The van der Waals surface area contributed by atoms with Gasteiger partial charge in [-0.15, -0.1) is 11.6 Å². The first kappa shape index (κ1) is 15.0. The molecule has 1 aliphatic rings. The Morgan fingerprint density at radius 3 is 2.60 bits per heavy atom. The fourth-order valence-electron chi connectivity index (χ4n) is 2.50. The summed E-state index contributed by atoms with van der Waals surface area (Å²) in [6, 6.07) is 5.96. The maximum Gasteiger partial charge on any atom is 0.387 e. The molecule has 2 rings (SSSR count). The van der Waals surface area contributed by atoms with Crippen molar-refractivity contribution in [1.29, 1.82) is 0 Å². The van der Waals surface area contributed by atoms with Gasteiger partial charge in [0.15, 0.2) is 0 Å². The maximum atomic E-state index is 12.3. The van der Waals surface area contributed by atoms with Crippen LogP contribution in [0.3, 0.4) is 0 Å². The van der Waals surface area contributed by atoms with E-state index in [1.165, 1.54) is 12.1 Å². The van der Waals surface area contributed by atoms with Gasteiger partial charge >= 0.3 is 6.61 Å². The van der Waals surface area contributed by atoms with Gasteiger partial charge in [0.05, 0.1) is 11.1 Å². The Balaban J connectivity index is 2.16. The number of hydrogen-bond acceptors (Lipinski definition) is 2. The number of hydrogen-bond donors (Lipinski definition) is 1. The van der Waals surface area contributed by atoms with Gasteiger partial charge in [-0.05, 0) is 25.0 Å². The molecule has 20 heavy (non-hydrogen) atoms. The minimum absolute atomic E-state index is 0.101. The molecule has 0 radical (unpaired) electrons. The molecule has 0 aromatic heterocycles. The van der Waals surface area contributed by atoms with Gasteiger partial charge in [-0.2, -0.15) is 8.78 Å². The number of rotatable bonds is 5. The van der Waals surface area contributed by atoms with Gasteiger partial charge < -0.3 is 10.1 Å². The quantitative estimate of drug-likeness (QED) is 0.845. The van der Waals surface area contributed by atoms with Crippen molar-refractivity contribution in [3.05, 3.63) is 29.8 Å². The van der Waals surface area contributed by atoms with Crippen LogP contribution in [0.25, 0.3) is 0 Å². The van der Waals surface area contributed by atoms with Gasteiger partial charge in [0.25, 0.3) is 5.91 Å². The number of amides is 1. The monoisotopic (exact) mass is 303 g/mol. The number of alkyl halides is 3. The Labute approximate surface area is 121 Å². The molecule has 0 spiro atoms. The summed E-state index contributed by atoms with van der Waals surface area (Å²) in [6.45, 7) is -2.96. The number of halogens is 3. The minimum atomic E-state index is -2.96. The number of carbonyl (C=O) groups excluding carboxylic acids is 1. The average molecular weight is 304 g/mol. The molecule has 0 heterocycles. The van der Waals surface area contributed by atoms with E-state index in [4.69, 9.17) is 11.6 Å². The molecule has 3 nitrogen and oxygen atoms in total. The summed E-state index contributed by atoms with van der Waals surface area (Å²) in [5.74, 6) is -0.233. The Hall–Kier alpha value is -1.36. The third-order valence-electron chi connectivity index (χ3n) is 3.54. The molecular formula is C14H16ClF2NO2. The lowest BCUT2D eigenvalue weighted by Gasteiger charge is -2.28. The normalized spacial score (nSPS) is 17.2. The van der Waals surface area contributed by atoms with Gasteiger partial charge in [-0.1, -0.05) is 25.0 Å². The predicted octanol–water partition coefficient (Wildman–Crippen LogP) is 3.57. The summed E-state index contributed by atoms with van der Waals surface area (Å²) in [6.07, 6.45) is 3.62. The highest BCUT2D eigenvalue weighted by molar-refractivity contribution is 6.19. The molecule has 0 aliphatic heterocycles. The number of para-hydroxylation sites is 1. The first-order valence-corrected chi connectivity index (χ1v) is 7.02. The fraction of sp³-hybridized carbons (Fsp3) is 0.500. The first-order chi connectivity index (χ1) is 9.56. The zero-order valence-corrected chi connectivity index (χ0v) is 11.6. The molecule has 1 aromatic rings. The number of nitrogens with one attached hydrogen (secondary N) is 1. The molecule has 0 atom stereocenters. The molecule has 1 fully saturated rings. The van der Waals surface area contributed by atoms with E-state index in [0.717, 1.165) is 25.7 Å². The molecule has 6 heteroatoms. The van der Waals surface area contributed by atoms with E-state index in [0.29, 0.717) is 5.88 Å². The van der Waals surface area contributed by atoms with Crippen molar-refractivity contribution >= 4 is 17.5 Å². The molecule has 1 N–H and O–H groups in total. The predicted molar refractivity (Wildman–Crippen MR) is 72.5 cm³/mol. The smallest absolute Gasteiger partial charge is 0.387 e. The van der Waals surface area contributed by atoms with E-state index in [1.54, 1.807) is 12.1 Å². The highest BCUT2D eigenvalue weighted by atomic mass is 35.5. The van der Waals surface area contributed by atoms with Crippen LogP contribution < -0.4 is 10.1 Å². The van der Waals surface area contributed by atoms with Gasteiger partial charge in [0, 0.05) is 5.88 Å². The lowest BCUT2D eigenvalue weighted by Crippen LogP contribution is -2.48. The van der Waals surface area contributed by atoms with Crippen LogP contribution in [0.4, 0.5) is 8.78 Å². The van der Waals surface area contributed by atoms with Crippen LogP contribution in [0.5, 0.6) is 5.75 Å². The van der Waals surface area contributed by atoms with E-state index >= 15 is 0 Å². The van der Waals surface area contributed by atoms with Crippen LogP contribution in [0.15, 0.2) is 24.3 Å². The number of carbonyl (C=O) groups is 1. The molecule has 0 unspecified atom stereocenters. The average Bonchev–Trinajstić information content (AvgIpc) is 2.87. The molecule has 110 valence electrons. The Morgan fingerprint density at radius 2 is 2.00 bits per heavy atom. The van der Waals surface area contributed by atoms with Crippen LogP contribution in [-0.4, -0.2) is 23.9 Å². The van der Waals surface area contributed by atoms with E-state index in [-0.39, 0.29) is 11.3 Å². The first-order valence-electron chi connectivity index (χ1n) is 6.49. The highest BCUT2D eigenvalue weighted by Crippen LogP contribution is 2.31. The van der Waals surface area contributed by atoms with E-state index < -0.39 is 18.1 Å². The Kier molecular flexibility index (Phi) is 4.81. The van der Waals surface area contributed by atoms with Crippen molar-refractivity contribution in [3.8, 4) is 5.75 Å². The minimum Gasteiger partial charge on any atom is -0.434 e. The third kappa shape index (κ3) is 3.39. The molecule has 0 saturated heterocycles. The van der Waals surface area contributed by atoms with Crippen molar-refractivity contribution in [2.45, 2.75) is 37.8 Å². The molecule has 1 saturated carbocycles. The van der Waals surface area contributed by atoms with Crippen molar-refractivity contribution in [2.75, 3.05) is 5.88 Å². The van der Waals surface area contributed by atoms with E-state index in [9.17, 15) is 13.6 Å². The highest BCUT2D eigenvalue weighted by Gasteiger charge is 2.35. The van der Waals surface area contributed by atoms with Gasteiger partial charge in [0.1, 0.15) is 5.75 Å². The third-order valence-corrected chi connectivity index (χ3v) is 4.05. The zero-order valence-electron chi connectivity index (χ0n) is 10.9.